The first-order valence-electron chi connectivity index (χ1n) is 6.98. The molecule has 3 heteroatoms. The Morgan fingerprint density at radius 1 is 1.32 bits per heavy atom. The maximum atomic E-state index is 11.3. The smallest absolute Gasteiger partial charge is 0.306 e. The molecule has 3 nitrogen and oxygen atoms in total. The second kappa shape index (κ2) is 8.70. The molecule has 1 atom stereocenters. The van der Waals surface area contributed by atoms with Crippen molar-refractivity contribution in [3.8, 4) is 0 Å². The molecule has 0 aromatic heterocycles. The molecule has 0 radical (unpaired) electrons. The lowest BCUT2D eigenvalue weighted by Crippen LogP contribution is -2.30. The molecule has 0 aliphatic heterocycles. The van der Waals surface area contributed by atoms with Crippen LogP contribution < -0.4 is 0 Å². The van der Waals surface area contributed by atoms with Crippen molar-refractivity contribution in [1.29, 1.82) is 0 Å². The Hall–Kier alpha value is -1.35. The molecule has 0 N–H and O–H groups in total. The summed E-state index contributed by atoms with van der Waals surface area (Å²) >= 11 is 0. The van der Waals surface area contributed by atoms with E-state index in [2.05, 4.69) is 43.0 Å². The van der Waals surface area contributed by atoms with E-state index in [1.54, 1.807) is 0 Å². The number of carbonyl (C=O) groups excluding carboxylic acids is 1. The molecule has 0 aliphatic carbocycles. The summed E-state index contributed by atoms with van der Waals surface area (Å²) in [6.07, 6.45) is 1.61. The van der Waals surface area contributed by atoms with E-state index in [4.69, 9.17) is 4.74 Å². The van der Waals surface area contributed by atoms with E-state index < -0.39 is 0 Å². The fraction of sp³-hybridized carbons (Fsp3) is 0.562. The second-order valence-electron chi connectivity index (χ2n) is 5.06. The number of methoxy groups -OCH3 is 1. The fourth-order valence-electron chi connectivity index (χ4n) is 2.00. The van der Waals surface area contributed by atoms with Gasteiger partial charge in [-0.3, -0.25) is 9.69 Å². The predicted octanol–water partition coefficient (Wildman–Crippen LogP) is 3.10. The number of esters is 1. The summed E-state index contributed by atoms with van der Waals surface area (Å²) < 4.78 is 4.72. The molecular weight excluding hydrogens is 238 g/mol. The van der Waals surface area contributed by atoms with Crippen LogP contribution in [0.2, 0.25) is 0 Å². The van der Waals surface area contributed by atoms with Crippen LogP contribution in [0.4, 0.5) is 0 Å². The molecule has 106 valence electrons. The second-order valence-corrected chi connectivity index (χ2v) is 5.06. The van der Waals surface area contributed by atoms with Crippen molar-refractivity contribution in [2.24, 2.45) is 5.92 Å². The van der Waals surface area contributed by atoms with E-state index in [0.717, 1.165) is 26.1 Å². The fourth-order valence-corrected chi connectivity index (χ4v) is 2.00. The van der Waals surface area contributed by atoms with Crippen molar-refractivity contribution < 1.29 is 9.53 Å². The normalized spacial score (nSPS) is 12.4. The number of nitrogens with zero attached hydrogens (tertiary/aromatic N) is 1. The Kier molecular flexibility index (Phi) is 7.19. The Morgan fingerprint density at radius 2 is 2.00 bits per heavy atom. The molecule has 0 spiro atoms. The topological polar surface area (TPSA) is 29.5 Å². The highest BCUT2D eigenvalue weighted by Crippen LogP contribution is 2.10. The van der Waals surface area contributed by atoms with Crippen LogP contribution in [-0.4, -0.2) is 31.1 Å². The lowest BCUT2D eigenvalue weighted by molar-refractivity contribution is -0.141. The van der Waals surface area contributed by atoms with Gasteiger partial charge in [-0.1, -0.05) is 50.6 Å². The van der Waals surface area contributed by atoms with Gasteiger partial charge in [-0.25, -0.2) is 0 Å². The van der Waals surface area contributed by atoms with E-state index in [1.165, 1.54) is 12.7 Å². The molecule has 0 saturated carbocycles. The van der Waals surface area contributed by atoms with Gasteiger partial charge in [-0.15, -0.1) is 0 Å². The van der Waals surface area contributed by atoms with E-state index in [0.29, 0.717) is 12.3 Å². The Balaban J connectivity index is 2.55. The van der Waals surface area contributed by atoms with E-state index in [-0.39, 0.29) is 5.97 Å². The third kappa shape index (κ3) is 6.39. The van der Waals surface area contributed by atoms with Crippen LogP contribution in [0.15, 0.2) is 30.3 Å². The molecule has 1 aromatic rings. The summed E-state index contributed by atoms with van der Waals surface area (Å²) in [5, 5.41) is 0. The van der Waals surface area contributed by atoms with Crippen LogP contribution in [0.5, 0.6) is 0 Å². The van der Waals surface area contributed by atoms with Crippen LogP contribution in [0.3, 0.4) is 0 Å². The van der Waals surface area contributed by atoms with Gasteiger partial charge in [0, 0.05) is 19.6 Å². The number of ether oxygens (including phenoxy) is 1. The largest absolute Gasteiger partial charge is 0.469 e. The van der Waals surface area contributed by atoms with Crippen molar-refractivity contribution in [2.75, 3.05) is 20.2 Å². The number of hydrogen-bond donors (Lipinski definition) is 0. The first kappa shape index (κ1) is 15.7. The molecule has 0 heterocycles. The highest BCUT2D eigenvalue weighted by atomic mass is 16.5. The monoisotopic (exact) mass is 263 g/mol. The molecule has 1 rings (SSSR count). The van der Waals surface area contributed by atoms with Gasteiger partial charge >= 0.3 is 5.97 Å². The summed E-state index contributed by atoms with van der Waals surface area (Å²) in [6.45, 7) is 7.11. The minimum absolute atomic E-state index is 0.137. The molecular formula is C16H25NO2. The molecule has 0 unspecified atom stereocenters. The molecule has 19 heavy (non-hydrogen) atoms. The number of benzene rings is 1. The number of carbonyl (C=O) groups is 1. The van der Waals surface area contributed by atoms with Gasteiger partial charge in [0.05, 0.1) is 13.5 Å². The van der Waals surface area contributed by atoms with Crippen LogP contribution >= 0.6 is 0 Å². The van der Waals surface area contributed by atoms with Gasteiger partial charge in [0.25, 0.3) is 0 Å². The van der Waals surface area contributed by atoms with E-state index in [1.807, 2.05) is 6.07 Å². The standard InChI is InChI=1S/C16H25NO2/c1-4-14(2)12-17(11-10-16(18)19-3)13-15-8-6-5-7-9-15/h5-9,14H,4,10-13H2,1-3H3/t14-/m1/s1. The zero-order valence-electron chi connectivity index (χ0n) is 12.3. The zero-order chi connectivity index (χ0) is 14.1. The van der Waals surface area contributed by atoms with Crippen molar-refractivity contribution in [2.45, 2.75) is 33.2 Å². The number of hydrogen-bond acceptors (Lipinski definition) is 3. The van der Waals surface area contributed by atoms with Crippen LogP contribution in [0.25, 0.3) is 0 Å². The molecule has 0 aliphatic rings. The average Bonchev–Trinajstić information content (AvgIpc) is 2.45. The maximum Gasteiger partial charge on any atom is 0.306 e. The minimum Gasteiger partial charge on any atom is -0.469 e. The van der Waals surface area contributed by atoms with E-state index >= 15 is 0 Å². The Labute approximate surface area is 116 Å². The molecule has 0 saturated heterocycles. The summed E-state index contributed by atoms with van der Waals surface area (Å²) in [5.41, 5.74) is 1.29. The number of rotatable bonds is 8. The Morgan fingerprint density at radius 3 is 2.58 bits per heavy atom. The predicted molar refractivity (Wildman–Crippen MR) is 77.8 cm³/mol. The third-order valence-corrected chi connectivity index (χ3v) is 3.38. The summed E-state index contributed by atoms with van der Waals surface area (Å²) in [6, 6.07) is 10.4. The summed E-state index contributed by atoms with van der Waals surface area (Å²) in [5.74, 6) is 0.503. The zero-order valence-corrected chi connectivity index (χ0v) is 12.3. The molecule has 1 aromatic carbocycles. The maximum absolute atomic E-state index is 11.3. The molecule has 0 amide bonds. The van der Waals surface area contributed by atoms with Crippen molar-refractivity contribution in [3.05, 3.63) is 35.9 Å². The molecule has 0 fully saturated rings. The van der Waals surface area contributed by atoms with Gasteiger partial charge in [0.1, 0.15) is 0 Å². The van der Waals surface area contributed by atoms with Crippen LogP contribution in [0, 0.1) is 5.92 Å². The highest BCUT2D eigenvalue weighted by Gasteiger charge is 2.12. The van der Waals surface area contributed by atoms with Crippen molar-refractivity contribution >= 4 is 5.97 Å². The van der Waals surface area contributed by atoms with Gasteiger partial charge in [-0.05, 0) is 11.5 Å². The highest BCUT2D eigenvalue weighted by molar-refractivity contribution is 5.69. The quantitative estimate of drug-likeness (QED) is 0.675. The van der Waals surface area contributed by atoms with E-state index in [9.17, 15) is 4.79 Å². The lowest BCUT2D eigenvalue weighted by atomic mass is 10.1. The lowest BCUT2D eigenvalue weighted by Gasteiger charge is -2.25. The van der Waals surface area contributed by atoms with Crippen molar-refractivity contribution in [1.82, 2.24) is 4.90 Å². The summed E-state index contributed by atoms with van der Waals surface area (Å²) in [7, 11) is 1.44. The van der Waals surface area contributed by atoms with Gasteiger partial charge in [0.2, 0.25) is 0 Å². The Bertz CT molecular complexity index is 364. The van der Waals surface area contributed by atoms with Gasteiger partial charge in [-0.2, -0.15) is 0 Å². The van der Waals surface area contributed by atoms with Crippen LogP contribution in [-0.2, 0) is 16.1 Å². The van der Waals surface area contributed by atoms with Crippen LogP contribution in [0.1, 0.15) is 32.3 Å². The average molecular weight is 263 g/mol. The first-order chi connectivity index (χ1) is 9.15. The molecule has 0 bridgehead atoms. The SMILES string of the molecule is CC[C@@H](C)CN(CCC(=O)OC)Cc1ccccc1. The minimum atomic E-state index is -0.137. The third-order valence-electron chi connectivity index (χ3n) is 3.38. The van der Waals surface area contributed by atoms with Gasteiger partial charge < -0.3 is 4.74 Å². The first-order valence-corrected chi connectivity index (χ1v) is 6.98. The summed E-state index contributed by atoms with van der Waals surface area (Å²) in [4.78, 5) is 13.6. The van der Waals surface area contributed by atoms with Crippen molar-refractivity contribution in [3.63, 3.8) is 0 Å². The van der Waals surface area contributed by atoms with Gasteiger partial charge in [0.15, 0.2) is 0 Å².